The maximum atomic E-state index is 12.5. The molecule has 1 fully saturated rings. The number of hydrogen-bond acceptors (Lipinski definition) is 8. The fourth-order valence-electron chi connectivity index (χ4n) is 3.10. The fourth-order valence-corrected chi connectivity index (χ4v) is 3.10. The largest absolute Gasteiger partial charge is 0.459 e. The third-order valence-electron chi connectivity index (χ3n) is 4.54. The lowest BCUT2D eigenvalue weighted by Crippen LogP contribution is -2.51. The van der Waals surface area contributed by atoms with Crippen LogP contribution in [-0.4, -0.2) is 55.2 Å². The fraction of sp³-hybridized carbons (Fsp3) is 0.304. The monoisotopic (exact) mass is 426 g/mol. The first kappa shape index (κ1) is 22.2. The standard InChI is InChI=1S/C23H22O8/c1-15(24)30-21-19(25)12-18(13-28-22(26)16-8-4-2-5-9-16)31-20(21)14-29-23(27)17-10-6-3-7-11-17/h2-11,18,20-21H,12-14H2,1H3/t18-,20-,21-/m1/s1. The minimum absolute atomic E-state index is 0.108. The Kier molecular flexibility index (Phi) is 7.50. The highest BCUT2D eigenvalue weighted by Gasteiger charge is 2.41. The molecule has 1 heterocycles. The molecule has 3 atom stereocenters. The van der Waals surface area contributed by atoms with Gasteiger partial charge in [-0.25, -0.2) is 9.59 Å². The maximum absolute atomic E-state index is 12.5. The molecule has 0 spiro atoms. The zero-order valence-corrected chi connectivity index (χ0v) is 16.9. The molecule has 0 saturated carbocycles. The summed E-state index contributed by atoms with van der Waals surface area (Å²) in [5, 5.41) is 0. The van der Waals surface area contributed by atoms with Crippen LogP contribution < -0.4 is 0 Å². The number of rotatable bonds is 7. The lowest BCUT2D eigenvalue weighted by Gasteiger charge is -2.34. The molecule has 1 saturated heterocycles. The SMILES string of the molecule is CC(=O)O[C@@H]1C(=O)C[C@H](COC(=O)c2ccccc2)O[C@@H]1COC(=O)c1ccccc1. The zero-order chi connectivity index (χ0) is 22.2. The van der Waals surface area contributed by atoms with Crippen molar-refractivity contribution >= 4 is 23.7 Å². The molecule has 0 amide bonds. The minimum atomic E-state index is -1.21. The Morgan fingerprint density at radius 3 is 1.90 bits per heavy atom. The average Bonchev–Trinajstić information content (AvgIpc) is 2.78. The van der Waals surface area contributed by atoms with E-state index in [0.717, 1.165) is 0 Å². The van der Waals surface area contributed by atoms with E-state index in [0.29, 0.717) is 11.1 Å². The van der Waals surface area contributed by atoms with Gasteiger partial charge in [0.2, 0.25) is 0 Å². The summed E-state index contributed by atoms with van der Waals surface area (Å²) in [7, 11) is 0. The van der Waals surface area contributed by atoms with Gasteiger partial charge in [-0.3, -0.25) is 9.59 Å². The molecular formula is C23H22O8. The highest BCUT2D eigenvalue weighted by atomic mass is 16.6. The predicted octanol–water partition coefficient (Wildman–Crippen LogP) is 2.36. The van der Waals surface area contributed by atoms with Crippen LogP contribution in [0.15, 0.2) is 60.7 Å². The summed E-state index contributed by atoms with van der Waals surface area (Å²) < 4.78 is 21.4. The quantitative estimate of drug-likeness (QED) is 0.491. The smallest absolute Gasteiger partial charge is 0.338 e. The molecule has 0 aliphatic carbocycles. The van der Waals surface area contributed by atoms with Gasteiger partial charge in [0.25, 0.3) is 0 Å². The van der Waals surface area contributed by atoms with E-state index in [2.05, 4.69) is 0 Å². The van der Waals surface area contributed by atoms with E-state index in [1.54, 1.807) is 60.7 Å². The number of hydrogen-bond donors (Lipinski definition) is 0. The van der Waals surface area contributed by atoms with Crippen molar-refractivity contribution in [2.45, 2.75) is 31.7 Å². The summed E-state index contributed by atoms with van der Waals surface area (Å²) in [6.45, 7) is 0.698. The molecule has 8 heteroatoms. The second kappa shape index (κ2) is 10.5. The van der Waals surface area contributed by atoms with Gasteiger partial charge >= 0.3 is 17.9 Å². The van der Waals surface area contributed by atoms with Gasteiger partial charge in [0.15, 0.2) is 11.9 Å². The predicted molar refractivity (Wildman–Crippen MR) is 107 cm³/mol. The molecule has 0 aromatic heterocycles. The maximum Gasteiger partial charge on any atom is 0.338 e. The first-order chi connectivity index (χ1) is 14.9. The molecule has 0 bridgehead atoms. The molecule has 3 rings (SSSR count). The minimum Gasteiger partial charge on any atom is -0.459 e. The number of ether oxygens (including phenoxy) is 4. The molecule has 31 heavy (non-hydrogen) atoms. The van der Waals surface area contributed by atoms with Gasteiger partial charge < -0.3 is 18.9 Å². The van der Waals surface area contributed by atoms with Crippen LogP contribution in [0.25, 0.3) is 0 Å². The average molecular weight is 426 g/mol. The van der Waals surface area contributed by atoms with Crippen molar-refractivity contribution in [2.75, 3.05) is 13.2 Å². The lowest BCUT2D eigenvalue weighted by atomic mass is 10.00. The van der Waals surface area contributed by atoms with Crippen LogP contribution in [0.1, 0.15) is 34.1 Å². The van der Waals surface area contributed by atoms with Crippen molar-refractivity contribution < 1.29 is 38.1 Å². The normalized spacial score (nSPS) is 20.5. The zero-order valence-electron chi connectivity index (χ0n) is 16.9. The summed E-state index contributed by atoms with van der Waals surface area (Å²) >= 11 is 0. The highest BCUT2D eigenvalue weighted by Crippen LogP contribution is 2.21. The summed E-state index contributed by atoms with van der Waals surface area (Å²) in [4.78, 5) is 48.3. The Balaban J connectivity index is 1.62. The topological polar surface area (TPSA) is 105 Å². The molecule has 8 nitrogen and oxygen atoms in total. The van der Waals surface area contributed by atoms with Crippen LogP contribution >= 0.6 is 0 Å². The van der Waals surface area contributed by atoms with Crippen LogP contribution in [0, 0.1) is 0 Å². The van der Waals surface area contributed by atoms with E-state index in [1.165, 1.54) is 6.92 Å². The number of esters is 3. The molecule has 0 radical (unpaired) electrons. The number of Topliss-reactive ketones (excluding diaryl/α,β-unsaturated/α-hetero) is 1. The van der Waals surface area contributed by atoms with Gasteiger partial charge in [-0.05, 0) is 24.3 Å². The second-order valence-electron chi connectivity index (χ2n) is 6.93. The van der Waals surface area contributed by atoms with Crippen molar-refractivity contribution in [3.63, 3.8) is 0 Å². The summed E-state index contributed by atoms with van der Waals surface area (Å²) in [6, 6.07) is 16.7. The summed E-state index contributed by atoms with van der Waals surface area (Å²) in [5.74, 6) is -2.21. The number of benzene rings is 2. The Hall–Kier alpha value is -3.52. The molecule has 0 unspecified atom stereocenters. The molecule has 1 aliphatic heterocycles. The molecular weight excluding hydrogens is 404 g/mol. The Bertz CT molecular complexity index is 925. The van der Waals surface area contributed by atoms with E-state index in [-0.39, 0.29) is 19.6 Å². The number of ketones is 1. The Morgan fingerprint density at radius 2 is 1.39 bits per heavy atom. The van der Waals surface area contributed by atoms with Gasteiger partial charge in [-0.2, -0.15) is 0 Å². The van der Waals surface area contributed by atoms with Crippen LogP contribution in [0.3, 0.4) is 0 Å². The van der Waals surface area contributed by atoms with Gasteiger partial charge in [-0.15, -0.1) is 0 Å². The van der Waals surface area contributed by atoms with E-state index < -0.39 is 42.0 Å². The van der Waals surface area contributed by atoms with Gasteiger partial charge in [0, 0.05) is 13.3 Å². The number of carbonyl (C=O) groups excluding carboxylic acids is 4. The summed E-state index contributed by atoms with van der Waals surface area (Å²) in [5.41, 5.74) is 0.706. The van der Waals surface area contributed by atoms with Crippen molar-refractivity contribution in [3.8, 4) is 0 Å². The summed E-state index contributed by atoms with van der Waals surface area (Å²) in [6.07, 6.45) is -3.09. The lowest BCUT2D eigenvalue weighted by molar-refractivity contribution is -0.184. The number of carbonyl (C=O) groups is 4. The van der Waals surface area contributed by atoms with Crippen molar-refractivity contribution in [3.05, 3.63) is 71.8 Å². The van der Waals surface area contributed by atoms with Crippen LogP contribution in [0.4, 0.5) is 0 Å². The molecule has 162 valence electrons. The Labute approximate surface area is 179 Å². The molecule has 0 N–H and O–H groups in total. The first-order valence-corrected chi connectivity index (χ1v) is 9.74. The Morgan fingerprint density at radius 1 is 0.871 bits per heavy atom. The van der Waals surface area contributed by atoms with Gasteiger partial charge in [0.05, 0.1) is 17.2 Å². The molecule has 2 aromatic carbocycles. The second-order valence-corrected chi connectivity index (χ2v) is 6.93. The third kappa shape index (κ3) is 6.23. The van der Waals surface area contributed by atoms with Crippen LogP contribution in [-0.2, 0) is 28.5 Å². The van der Waals surface area contributed by atoms with Crippen molar-refractivity contribution in [1.82, 2.24) is 0 Å². The van der Waals surface area contributed by atoms with E-state index in [4.69, 9.17) is 18.9 Å². The van der Waals surface area contributed by atoms with Crippen LogP contribution in [0.5, 0.6) is 0 Å². The van der Waals surface area contributed by atoms with Crippen molar-refractivity contribution in [1.29, 1.82) is 0 Å². The van der Waals surface area contributed by atoms with E-state index >= 15 is 0 Å². The van der Waals surface area contributed by atoms with E-state index in [1.807, 2.05) is 0 Å². The van der Waals surface area contributed by atoms with Gasteiger partial charge in [-0.1, -0.05) is 36.4 Å². The molecule has 1 aliphatic rings. The van der Waals surface area contributed by atoms with Crippen LogP contribution in [0.2, 0.25) is 0 Å². The van der Waals surface area contributed by atoms with E-state index in [9.17, 15) is 19.2 Å². The van der Waals surface area contributed by atoms with Crippen molar-refractivity contribution in [2.24, 2.45) is 0 Å². The molecule has 2 aromatic rings. The highest BCUT2D eigenvalue weighted by molar-refractivity contribution is 5.90. The third-order valence-corrected chi connectivity index (χ3v) is 4.54. The first-order valence-electron chi connectivity index (χ1n) is 9.74. The van der Waals surface area contributed by atoms with Gasteiger partial charge in [0.1, 0.15) is 19.3 Å².